The molecule has 2 rings (SSSR count). The van der Waals surface area contributed by atoms with Crippen LogP contribution in [0.2, 0.25) is 0 Å². The van der Waals surface area contributed by atoms with Gasteiger partial charge in [-0.15, -0.1) is 0 Å². The van der Waals surface area contributed by atoms with Gasteiger partial charge in [0.15, 0.2) is 0 Å². The molecule has 1 heterocycles. The van der Waals surface area contributed by atoms with E-state index in [2.05, 4.69) is 5.32 Å². The number of amides is 2. The Hall–Kier alpha value is -1.06. The summed E-state index contributed by atoms with van der Waals surface area (Å²) in [6, 6.07) is -0.0682. The Balaban J connectivity index is 2.31. The molecule has 0 radical (unpaired) electrons. The summed E-state index contributed by atoms with van der Waals surface area (Å²) in [5.74, 6) is 0.245. The van der Waals surface area contributed by atoms with Crippen molar-refractivity contribution in [3.05, 3.63) is 0 Å². The van der Waals surface area contributed by atoms with Crippen molar-refractivity contribution < 1.29 is 9.59 Å². The zero-order valence-corrected chi connectivity index (χ0v) is 13.2. The van der Waals surface area contributed by atoms with Crippen LogP contribution < -0.4 is 5.32 Å². The van der Waals surface area contributed by atoms with Crippen LogP contribution in [-0.4, -0.2) is 34.3 Å². The largest absolute Gasteiger partial charge is 0.340 e. The van der Waals surface area contributed by atoms with E-state index in [4.69, 9.17) is 0 Å². The molecule has 0 spiro atoms. The molecule has 0 aromatic heterocycles. The molecular formula is C16H28N2O2. The predicted molar refractivity (Wildman–Crippen MR) is 79.2 cm³/mol. The minimum absolute atomic E-state index is 0.00819. The average Bonchev–Trinajstić information content (AvgIpc) is 2.60. The van der Waals surface area contributed by atoms with Gasteiger partial charge < -0.3 is 10.2 Å². The van der Waals surface area contributed by atoms with Gasteiger partial charge in [0.05, 0.1) is 0 Å². The fourth-order valence-corrected chi connectivity index (χ4v) is 3.56. The summed E-state index contributed by atoms with van der Waals surface area (Å²) in [6.45, 7) is 7.68. The van der Waals surface area contributed by atoms with Gasteiger partial charge in [0.2, 0.25) is 11.8 Å². The number of nitrogens with one attached hydrogen (secondary N) is 1. The molecule has 1 N–H and O–H groups in total. The van der Waals surface area contributed by atoms with E-state index in [9.17, 15) is 9.59 Å². The first-order chi connectivity index (χ1) is 9.34. The summed E-state index contributed by atoms with van der Waals surface area (Å²) in [5, 5.41) is 2.89. The zero-order valence-electron chi connectivity index (χ0n) is 13.2. The predicted octanol–water partition coefficient (Wildman–Crippen LogP) is 2.47. The molecule has 1 unspecified atom stereocenters. The van der Waals surface area contributed by atoms with Crippen molar-refractivity contribution in [3.8, 4) is 0 Å². The first kappa shape index (κ1) is 15.3. The minimum atomic E-state index is -0.769. The molecule has 4 nitrogen and oxygen atoms in total. The average molecular weight is 280 g/mol. The topological polar surface area (TPSA) is 49.4 Å². The first-order valence-electron chi connectivity index (χ1n) is 7.99. The van der Waals surface area contributed by atoms with Gasteiger partial charge in [0.25, 0.3) is 0 Å². The maximum Gasteiger partial charge on any atom is 0.248 e. The molecule has 1 atom stereocenters. The van der Waals surface area contributed by atoms with Crippen molar-refractivity contribution in [2.45, 2.75) is 83.8 Å². The lowest BCUT2D eigenvalue weighted by atomic mass is 9.88. The summed E-state index contributed by atoms with van der Waals surface area (Å²) in [4.78, 5) is 27.2. The number of hydrogen-bond acceptors (Lipinski definition) is 2. The molecule has 1 aliphatic carbocycles. The van der Waals surface area contributed by atoms with Crippen LogP contribution in [0.1, 0.15) is 66.2 Å². The molecule has 20 heavy (non-hydrogen) atoms. The number of carbonyl (C=O) groups excluding carboxylic acids is 2. The van der Waals surface area contributed by atoms with Crippen LogP contribution in [0.15, 0.2) is 0 Å². The number of piperazine rings is 1. The molecule has 4 heteroatoms. The number of rotatable bonds is 2. The molecule has 114 valence electrons. The highest BCUT2D eigenvalue weighted by Gasteiger charge is 2.48. The number of nitrogens with zero attached hydrogens (tertiary/aromatic N) is 1. The highest BCUT2D eigenvalue weighted by atomic mass is 16.2. The summed E-state index contributed by atoms with van der Waals surface area (Å²) in [5.41, 5.74) is -0.769. The van der Waals surface area contributed by atoms with Crippen molar-refractivity contribution in [2.75, 3.05) is 0 Å². The summed E-state index contributed by atoms with van der Waals surface area (Å²) in [6.07, 6.45) is 6.92. The van der Waals surface area contributed by atoms with E-state index < -0.39 is 5.54 Å². The van der Waals surface area contributed by atoms with Gasteiger partial charge in [-0.2, -0.15) is 0 Å². The molecule has 2 amide bonds. The van der Waals surface area contributed by atoms with Crippen LogP contribution in [0.25, 0.3) is 0 Å². The van der Waals surface area contributed by atoms with E-state index in [0.29, 0.717) is 0 Å². The minimum Gasteiger partial charge on any atom is -0.340 e. The summed E-state index contributed by atoms with van der Waals surface area (Å²) in [7, 11) is 0. The Kier molecular flexibility index (Phi) is 4.40. The van der Waals surface area contributed by atoms with Gasteiger partial charge in [-0.05, 0) is 32.6 Å². The quantitative estimate of drug-likeness (QED) is 0.790. The van der Waals surface area contributed by atoms with E-state index >= 15 is 0 Å². The summed E-state index contributed by atoms with van der Waals surface area (Å²) < 4.78 is 0. The Labute approximate surface area is 122 Å². The van der Waals surface area contributed by atoms with Crippen LogP contribution in [0.4, 0.5) is 0 Å². The van der Waals surface area contributed by atoms with E-state index in [-0.39, 0.29) is 29.8 Å². The maximum atomic E-state index is 12.8. The van der Waals surface area contributed by atoms with Gasteiger partial charge >= 0.3 is 0 Å². The third-order valence-electron chi connectivity index (χ3n) is 4.62. The molecule has 0 bridgehead atoms. The lowest BCUT2D eigenvalue weighted by Crippen LogP contribution is -2.71. The third kappa shape index (κ3) is 2.84. The Morgan fingerprint density at radius 3 is 2.15 bits per heavy atom. The molecule has 1 saturated carbocycles. The van der Waals surface area contributed by atoms with E-state index in [1.165, 1.54) is 25.7 Å². The highest BCUT2D eigenvalue weighted by Crippen LogP contribution is 2.30. The van der Waals surface area contributed by atoms with Crippen LogP contribution in [0, 0.1) is 5.92 Å². The maximum absolute atomic E-state index is 12.8. The fourth-order valence-electron chi connectivity index (χ4n) is 3.56. The van der Waals surface area contributed by atoms with Crippen LogP contribution in [0.5, 0.6) is 0 Å². The second kappa shape index (κ2) is 5.74. The number of carbonyl (C=O) groups is 2. The van der Waals surface area contributed by atoms with Crippen molar-refractivity contribution in [2.24, 2.45) is 5.92 Å². The Morgan fingerprint density at radius 2 is 1.65 bits per heavy atom. The van der Waals surface area contributed by atoms with E-state index in [0.717, 1.165) is 12.8 Å². The van der Waals surface area contributed by atoms with Crippen molar-refractivity contribution in [1.29, 1.82) is 0 Å². The van der Waals surface area contributed by atoms with Crippen LogP contribution in [0.3, 0.4) is 0 Å². The summed E-state index contributed by atoms with van der Waals surface area (Å²) >= 11 is 0. The first-order valence-corrected chi connectivity index (χ1v) is 7.99. The Bertz CT molecular complexity index is 382. The smallest absolute Gasteiger partial charge is 0.248 e. The molecule has 2 fully saturated rings. The SMILES string of the molecule is CC(C)C1C(=O)NC(C)(C)C(=O)N1C1CCCCCC1. The molecule has 0 aromatic carbocycles. The van der Waals surface area contributed by atoms with E-state index in [1.807, 2.05) is 32.6 Å². The standard InChI is InChI=1S/C16H28N2O2/c1-11(2)13-14(19)17-16(3,4)15(20)18(13)12-9-7-5-6-8-10-12/h11-13H,5-10H2,1-4H3,(H,17,19). The molecule has 1 aliphatic heterocycles. The van der Waals surface area contributed by atoms with Crippen LogP contribution in [-0.2, 0) is 9.59 Å². The van der Waals surface area contributed by atoms with Crippen molar-refractivity contribution >= 4 is 11.8 Å². The second-order valence-corrected chi connectivity index (χ2v) is 7.16. The monoisotopic (exact) mass is 280 g/mol. The van der Waals surface area contributed by atoms with Crippen LogP contribution >= 0.6 is 0 Å². The van der Waals surface area contributed by atoms with Gasteiger partial charge in [-0.25, -0.2) is 0 Å². The van der Waals surface area contributed by atoms with E-state index in [1.54, 1.807) is 0 Å². The normalized spacial score (nSPS) is 28.4. The van der Waals surface area contributed by atoms with Gasteiger partial charge in [-0.1, -0.05) is 39.5 Å². The lowest BCUT2D eigenvalue weighted by molar-refractivity contribution is -0.158. The van der Waals surface area contributed by atoms with Gasteiger partial charge in [0, 0.05) is 6.04 Å². The highest BCUT2D eigenvalue weighted by molar-refractivity contribution is 5.99. The molecule has 0 aromatic rings. The molecule has 2 aliphatic rings. The fraction of sp³-hybridized carbons (Fsp3) is 0.875. The third-order valence-corrected chi connectivity index (χ3v) is 4.62. The molecule has 1 saturated heterocycles. The second-order valence-electron chi connectivity index (χ2n) is 7.16. The lowest BCUT2D eigenvalue weighted by Gasteiger charge is -2.47. The Morgan fingerprint density at radius 1 is 1.10 bits per heavy atom. The number of hydrogen-bond donors (Lipinski definition) is 1. The van der Waals surface area contributed by atoms with Gasteiger partial charge in [-0.3, -0.25) is 9.59 Å². The molecular weight excluding hydrogens is 252 g/mol. The van der Waals surface area contributed by atoms with Crippen molar-refractivity contribution in [1.82, 2.24) is 10.2 Å². The van der Waals surface area contributed by atoms with Gasteiger partial charge in [0.1, 0.15) is 11.6 Å². The van der Waals surface area contributed by atoms with Crippen molar-refractivity contribution in [3.63, 3.8) is 0 Å². The zero-order chi connectivity index (χ0) is 14.9.